The lowest BCUT2D eigenvalue weighted by Gasteiger charge is -2.18. The van der Waals surface area contributed by atoms with Gasteiger partial charge in [-0.3, -0.25) is 0 Å². The molecule has 2 aromatic rings. The lowest BCUT2D eigenvalue weighted by atomic mass is 9.88. The third kappa shape index (κ3) is 3.12. The number of hydrogen-bond acceptors (Lipinski definition) is 4. The number of aromatic carboxylic acids is 1. The van der Waals surface area contributed by atoms with Crippen LogP contribution >= 0.6 is 0 Å². The molecule has 0 fully saturated rings. The number of aromatic nitrogens is 2. The van der Waals surface area contributed by atoms with Crippen LogP contribution < -0.4 is 4.74 Å². The van der Waals surface area contributed by atoms with Crippen molar-refractivity contribution in [3.63, 3.8) is 0 Å². The number of nitrogens with zero attached hydrogens (tertiary/aromatic N) is 2. The molecule has 0 spiro atoms. The highest BCUT2D eigenvalue weighted by Crippen LogP contribution is 2.25. The third-order valence-electron chi connectivity index (χ3n) is 2.79. The minimum absolute atomic E-state index is 0.00601. The summed E-state index contributed by atoms with van der Waals surface area (Å²) in [4.78, 5) is 19.0. The molecule has 0 aliphatic carbocycles. The van der Waals surface area contributed by atoms with Crippen molar-refractivity contribution in [1.82, 2.24) is 9.97 Å². The Balaban J connectivity index is 2.25. The average molecular weight is 272 g/mol. The molecule has 0 aromatic carbocycles. The molecule has 0 radical (unpaired) electrons. The Bertz CT molecular complexity index is 616. The molecule has 2 rings (SSSR count). The molecule has 20 heavy (non-hydrogen) atoms. The lowest BCUT2D eigenvalue weighted by Crippen LogP contribution is -2.11. The topological polar surface area (TPSA) is 72.3 Å². The Morgan fingerprint density at radius 3 is 2.50 bits per heavy atom. The number of rotatable bonds is 3. The van der Waals surface area contributed by atoms with E-state index in [4.69, 9.17) is 9.84 Å². The number of carboxylic acid groups (broad SMARTS) is 1. The second kappa shape index (κ2) is 5.28. The molecule has 0 bridgehead atoms. The van der Waals surface area contributed by atoms with E-state index in [9.17, 15) is 4.79 Å². The molecule has 0 aliphatic heterocycles. The van der Waals surface area contributed by atoms with Crippen LogP contribution in [0.1, 0.15) is 36.8 Å². The van der Waals surface area contributed by atoms with E-state index in [1.807, 2.05) is 6.07 Å². The van der Waals surface area contributed by atoms with Gasteiger partial charge in [0.1, 0.15) is 0 Å². The summed E-state index contributed by atoms with van der Waals surface area (Å²) in [5, 5.41) is 9.03. The molecule has 0 saturated heterocycles. The molecule has 0 unspecified atom stereocenters. The van der Waals surface area contributed by atoms with Crippen LogP contribution in [-0.4, -0.2) is 21.0 Å². The van der Waals surface area contributed by atoms with Gasteiger partial charge >= 0.3 is 5.97 Å². The highest BCUT2D eigenvalue weighted by Gasteiger charge is 2.16. The Morgan fingerprint density at radius 1 is 1.20 bits per heavy atom. The fourth-order valence-electron chi connectivity index (χ4n) is 1.63. The minimum Gasteiger partial charge on any atom is -0.476 e. The molecule has 0 saturated carbocycles. The van der Waals surface area contributed by atoms with E-state index in [0.717, 1.165) is 5.56 Å². The molecule has 2 aromatic heterocycles. The number of hydrogen-bond donors (Lipinski definition) is 1. The SMILES string of the molecule is CC(C)(C)c1ccc(Oc2cccnc2C(=O)O)nc1. The monoisotopic (exact) mass is 272 g/mol. The summed E-state index contributed by atoms with van der Waals surface area (Å²) in [6.45, 7) is 6.27. The molecule has 0 aliphatic rings. The van der Waals surface area contributed by atoms with E-state index in [2.05, 4.69) is 30.7 Å². The standard InChI is InChI=1S/C15H16N2O3/c1-15(2,3)10-6-7-12(17-9-10)20-11-5-4-8-16-13(11)14(18)19/h4-9H,1-3H3,(H,18,19). The number of pyridine rings is 2. The minimum atomic E-state index is -1.13. The molecule has 104 valence electrons. The molecular formula is C15H16N2O3. The first-order chi connectivity index (χ1) is 9.38. The summed E-state index contributed by atoms with van der Waals surface area (Å²) in [6, 6.07) is 6.81. The third-order valence-corrected chi connectivity index (χ3v) is 2.79. The quantitative estimate of drug-likeness (QED) is 0.928. The fourth-order valence-corrected chi connectivity index (χ4v) is 1.63. The van der Waals surface area contributed by atoms with Gasteiger partial charge < -0.3 is 9.84 Å². The summed E-state index contributed by atoms with van der Waals surface area (Å²) in [5.74, 6) is -0.614. The molecule has 2 heterocycles. The van der Waals surface area contributed by atoms with Crippen molar-refractivity contribution in [2.45, 2.75) is 26.2 Å². The van der Waals surface area contributed by atoms with E-state index in [-0.39, 0.29) is 16.9 Å². The second-order valence-corrected chi connectivity index (χ2v) is 5.39. The zero-order valence-corrected chi connectivity index (χ0v) is 11.6. The van der Waals surface area contributed by atoms with Crippen molar-refractivity contribution in [3.05, 3.63) is 47.9 Å². The van der Waals surface area contributed by atoms with Crippen LogP contribution in [0.3, 0.4) is 0 Å². The van der Waals surface area contributed by atoms with Crippen molar-refractivity contribution in [1.29, 1.82) is 0 Å². The van der Waals surface area contributed by atoms with E-state index in [0.29, 0.717) is 5.88 Å². The summed E-state index contributed by atoms with van der Waals surface area (Å²) in [7, 11) is 0. The molecule has 0 amide bonds. The van der Waals surface area contributed by atoms with Crippen molar-refractivity contribution in [2.24, 2.45) is 0 Å². The fraction of sp³-hybridized carbons (Fsp3) is 0.267. The van der Waals surface area contributed by atoms with Gasteiger partial charge in [0.2, 0.25) is 5.88 Å². The highest BCUT2D eigenvalue weighted by atomic mass is 16.5. The maximum atomic E-state index is 11.0. The summed E-state index contributed by atoms with van der Waals surface area (Å²) >= 11 is 0. The molecule has 0 atom stereocenters. The second-order valence-electron chi connectivity index (χ2n) is 5.39. The Morgan fingerprint density at radius 2 is 1.95 bits per heavy atom. The number of carboxylic acids is 1. The Kier molecular flexibility index (Phi) is 3.70. The normalized spacial score (nSPS) is 11.2. The van der Waals surface area contributed by atoms with Gasteiger partial charge in [0, 0.05) is 18.5 Å². The lowest BCUT2D eigenvalue weighted by molar-refractivity contribution is 0.0687. The maximum Gasteiger partial charge on any atom is 0.358 e. The summed E-state index contributed by atoms with van der Waals surface area (Å²) in [5.41, 5.74) is 0.954. The average Bonchev–Trinajstić information content (AvgIpc) is 2.38. The van der Waals surface area contributed by atoms with E-state index in [1.54, 1.807) is 24.4 Å². The summed E-state index contributed by atoms with van der Waals surface area (Å²) < 4.78 is 5.48. The zero-order chi connectivity index (χ0) is 14.8. The van der Waals surface area contributed by atoms with Crippen LogP contribution in [0.15, 0.2) is 36.7 Å². The predicted molar refractivity (Wildman–Crippen MR) is 74.2 cm³/mol. The van der Waals surface area contributed by atoms with E-state index >= 15 is 0 Å². The van der Waals surface area contributed by atoms with E-state index < -0.39 is 5.97 Å². The zero-order valence-electron chi connectivity index (χ0n) is 11.6. The van der Waals surface area contributed by atoms with Crippen LogP contribution in [0.4, 0.5) is 0 Å². The summed E-state index contributed by atoms with van der Waals surface area (Å²) in [6.07, 6.45) is 3.14. The van der Waals surface area contributed by atoms with Crippen LogP contribution in [0, 0.1) is 0 Å². The van der Waals surface area contributed by atoms with Gasteiger partial charge in [-0.2, -0.15) is 0 Å². The van der Waals surface area contributed by atoms with Gasteiger partial charge in [-0.15, -0.1) is 0 Å². The predicted octanol–water partition coefficient (Wildman–Crippen LogP) is 3.26. The number of ether oxygens (including phenoxy) is 1. The maximum absolute atomic E-state index is 11.0. The van der Waals surface area contributed by atoms with Gasteiger partial charge in [0.15, 0.2) is 11.4 Å². The van der Waals surface area contributed by atoms with E-state index in [1.165, 1.54) is 6.20 Å². The van der Waals surface area contributed by atoms with Crippen LogP contribution in [-0.2, 0) is 5.41 Å². The Hall–Kier alpha value is -2.43. The van der Waals surface area contributed by atoms with Crippen molar-refractivity contribution in [2.75, 3.05) is 0 Å². The van der Waals surface area contributed by atoms with Crippen LogP contribution in [0.2, 0.25) is 0 Å². The number of carbonyl (C=O) groups is 1. The first kappa shape index (κ1) is 14.0. The van der Waals surface area contributed by atoms with Gasteiger partial charge in [-0.25, -0.2) is 14.8 Å². The van der Waals surface area contributed by atoms with Crippen LogP contribution in [0.25, 0.3) is 0 Å². The van der Waals surface area contributed by atoms with Crippen molar-refractivity contribution >= 4 is 5.97 Å². The molecule has 5 heteroatoms. The van der Waals surface area contributed by atoms with Crippen LogP contribution in [0.5, 0.6) is 11.6 Å². The van der Waals surface area contributed by atoms with Gasteiger partial charge in [-0.05, 0) is 23.1 Å². The highest BCUT2D eigenvalue weighted by molar-refractivity contribution is 5.88. The smallest absolute Gasteiger partial charge is 0.358 e. The van der Waals surface area contributed by atoms with Gasteiger partial charge in [-0.1, -0.05) is 26.8 Å². The van der Waals surface area contributed by atoms with Gasteiger partial charge in [0.05, 0.1) is 0 Å². The molecule has 5 nitrogen and oxygen atoms in total. The molecular weight excluding hydrogens is 256 g/mol. The largest absolute Gasteiger partial charge is 0.476 e. The molecule has 1 N–H and O–H groups in total. The van der Waals surface area contributed by atoms with Crippen molar-refractivity contribution < 1.29 is 14.6 Å². The Labute approximate surface area is 117 Å². The van der Waals surface area contributed by atoms with Gasteiger partial charge in [0.25, 0.3) is 0 Å². The first-order valence-corrected chi connectivity index (χ1v) is 6.20. The first-order valence-electron chi connectivity index (χ1n) is 6.20. The van der Waals surface area contributed by atoms with Crippen molar-refractivity contribution in [3.8, 4) is 11.6 Å².